The van der Waals surface area contributed by atoms with Crippen molar-refractivity contribution < 1.29 is 9.59 Å². The number of hydrogen-bond donors (Lipinski definition) is 1. The molecule has 0 radical (unpaired) electrons. The predicted molar refractivity (Wildman–Crippen MR) is 112 cm³/mol. The number of amides is 2. The molecular weight excluding hydrogens is 370 g/mol. The molecule has 5 nitrogen and oxygen atoms in total. The first-order chi connectivity index (χ1) is 13.7. The van der Waals surface area contributed by atoms with Gasteiger partial charge < -0.3 is 10.2 Å². The number of carbonyl (C=O) groups is 2. The summed E-state index contributed by atoms with van der Waals surface area (Å²) in [5.41, 5.74) is 2.15. The van der Waals surface area contributed by atoms with Gasteiger partial charge in [-0.15, -0.1) is 11.8 Å². The summed E-state index contributed by atoms with van der Waals surface area (Å²) in [5, 5.41) is 2.98. The Morgan fingerprint density at radius 2 is 1.71 bits per heavy atom. The summed E-state index contributed by atoms with van der Waals surface area (Å²) in [5.74, 6) is 0.398. The first-order valence-electron chi connectivity index (χ1n) is 9.76. The highest BCUT2D eigenvalue weighted by Crippen LogP contribution is 2.33. The quantitative estimate of drug-likeness (QED) is 0.864. The van der Waals surface area contributed by atoms with Crippen molar-refractivity contribution in [3.63, 3.8) is 0 Å². The van der Waals surface area contributed by atoms with E-state index in [0.29, 0.717) is 5.75 Å². The highest BCUT2D eigenvalue weighted by molar-refractivity contribution is 7.99. The van der Waals surface area contributed by atoms with E-state index in [1.54, 1.807) is 11.8 Å². The fourth-order valence-electron chi connectivity index (χ4n) is 3.69. The van der Waals surface area contributed by atoms with E-state index in [9.17, 15) is 9.59 Å². The first-order valence-corrected chi connectivity index (χ1v) is 10.7. The average Bonchev–Trinajstić information content (AvgIpc) is 2.88. The minimum atomic E-state index is -0.285. The number of hydrogen-bond acceptors (Lipinski definition) is 4. The summed E-state index contributed by atoms with van der Waals surface area (Å²) in [6, 6.07) is 18.2. The van der Waals surface area contributed by atoms with Gasteiger partial charge in [0.2, 0.25) is 11.8 Å². The van der Waals surface area contributed by atoms with Crippen molar-refractivity contribution in [3.8, 4) is 0 Å². The van der Waals surface area contributed by atoms with E-state index >= 15 is 0 Å². The van der Waals surface area contributed by atoms with Crippen molar-refractivity contribution in [2.45, 2.75) is 17.9 Å². The number of nitrogens with zero attached hydrogens (tertiary/aromatic N) is 2. The molecule has 4 rings (SSSR count). The summed E-state index contributed by atoms with van der Waals surface area (Å²) in [6.45, 7) is 4.12. The van der Waals surface area contributed by atoms with Crippen LogP contribution in [0.1, 0.15) is 12.0 Å². The van der Waals surface area contributed by atoms with Gasteiger partial charge in [-0.25, -0.2) is 0 Å². The normalized spacial score (nSPS) is 20.2. The summed E-state index contributed by atoms with van der Waals surface area (Å²) < 4.78 is 0. The van der Waals surface area contributed by atoms with Crippen LogP contribution in [0.25, 0.3) is 0 Å². The van der Waals surface area contributed by atoms with Crippen LogP contribution in [-0.4, -0.2) is 53.5 Å². The number of para-hydroxylation sites is 1. The van der Waals surface area contributed by atoms with E-state index in [1.165, 1.54) is 5.56 Å². The van der Waals surface area contributed by atoms with E-state index in [1.807, 2.05) is 35.2 Å². The summed E-state index contributed by atoms with van der Waals surface area (Å²) >= 11 is 1.65. The number of nitrogens with one attached hydrogen (secondary N) is 1. The third-order valence-corrected chi connectivity index (χ3v) is 6.59. The van der Waals surface area contributed by atoms with E-state index in [0.717, 1.165) is 43.3 Å². The molecule has 2 aromatic carbocycles. The molecule has 2 aliphatic heterocycles. The van der Waals surface area contributed by atoms with Gasteiger partial charge in [0.1, 0.15) is 0 Å². The van der Waals surface area contributed by atoms with Gasteiger partial charge in [0.25, 0.3) is 0 Å². The molecule has 1 fully saturated rings. The number of rotatable bonds is 4. The lowest BCUT2D eigenvalue weighted by molar-refractivity contribution is -0.136. The fraction of sp³-hybridized carbons (Fsp3) is 0.364. The Hall–Kier alpha value is -2.31. The Morgan fingerprint density at radius 3 is 2.50 bits per heavy atom. The summed E-state index contributed by atoms with van der Waals surface area (Å²) in [4.78, 5) is 30.7. The molecule has 1 atom stereocenters. The first kappa shape index (κ1) is 19.0. The lowest BCUT2D eigenvalue weighted by Gasteiger charge is -2.35. The largest absolute Gasteiger partial charge is 0.340 e. The molecule has 28 heavy (non-hydrogen) atoms. The highest BCUT2D eigenvalue weighted by Gasteiger charge is 2.29. The van der Waals surface area contributed by atoms with Gasteiger partial charge in [-0.05, 0) is 17.7 Å². The molecule has 0 aliphatic carbocycles. The third kappa shape index (κ3) is 4.56. The van der Waals surface area contributed by atoms with Gasteiger partial charge in [0.15, 0.2) is 0 Å². The maximum Gasteiger partial charge on any atom is 0.228 e. The maximum atomic E-state index is 12.8. The van der Waals surface area contributed by atoms with Gasteiger partial charge in [0.05, 0.1) is 11.6 Å². The van der Waals surface area contributed by atoms with E-state index in [4.69, 9.17) is 0 Å². The fourth-order valence-corrected chi connectivity index (χ4v) is 4.78. The van der Waals surface area contributed by atoms with Crippen LogP contribution in [-0.2, 0) is 16.1 Å². The second-order valence-electron chi connectivity index (χ2n) is 7.34. The molecule has 0 spiro atoms. The lowest BCUT2D eigenvalue weighted by atomic mass is 10.1. The van der Waals surface area contributed by atoms with Gasteiger partial charge >= 0.3 is 0 Å². The second-order valence-corrected chi connectivity index (χ2v) is 8.40. The highest BCUT2D eigenvalue weighted by atomic mass is 32.2. The molecule has 2 aromatic rings. The molecule has 2 heterocycles. The molecule has 2 aliphatic rings. The number of fused-ring (bicyclic) bond motifs is 1. The standard InChI is InChI=1S/C22H25N3O2S/c26-21(14-18-16-28-20-9-5-4-8-19(20)23-22(18)27)25-12-10-24(11-13-25)15-17-6-2-1-3-7-17/h1-9,18H,10-16H2,(H,23,27)/t18-/m0/s1. The van der Waals surface area contributed by atoms with Crippen molar-refractivity contribution in [3.05, 3.63) is 60.2 Å². The Kier molecular flexibility index (Phi) is 5.98. The number of piperazine rings is 1. The zero-order chi connectivity index (χ0) is 19.3. The van der Waals surface area contributed by atoms with Crippen LogP contribution in [0.15, 0.2) is 59.5 Å². The lowest BCUT2D eigenvalue weighted by Crippen LogP contribution is -2.49. The van der Waals surface area contributed by atoms with Crippen molar-refractivity contribution in [1.29, 1.82) is 0 Å². The van der Waals surface area contributed by atoms with Crippen molar-refractivity contribution in [2.24, 2.45) is 5.92 Å². The summed E-state index contributed by atoms with van der Waals surface area (Å²) in [7, 11) is 0. The zero-order valence-electron chi connectivity index (χ0n) is 15.8. The Balaban J connectivity index is 1.28. The average molecular weight is 396 g/mol. The molecule has 0 unspecified atom stereocenters. The van der Waals surface area contributed by atoms with Crippen molar-refractivity contribution >= 4 is 29.3 Å². The molecule has 6 heteroatoms. The molecule has 0 aromatic heterocycles. The van der Waals surface area contributed by atoms with Gasteiger partial charge in [-0.2, -0.15) is 0 Å². The topological polar surface area (TPSA) is 52.7 Å². The smallest absolute Gasteiger partial charge is 0.228 e. The zero-order valence-corrected chi connectivity index (χ0v) is 16.7. The van der Waals surface area contributed by atoms with E-state index in [-0.39, 0.29) is 24.2 Å². The molecule has 0 bridgehead atoms. The molecule has 1 N–H and O–H groups in total. The number of anilines is 1. The summed E-state index contributed by atoms with van der Waals surface area (Å²) in [6.07, 6.45) is 0.283. The Labute approximate surface area is 170 Å². The SMILES string of the molecule is O=C1Nc2ccccc2SC[C@@H]1CC(=O)N1CCN(Cc2ccccc2)CC1. The van der Waals surface area contributed by atoms with Crippen LogP contribution in [0.4, 0.5) is 5.69 Å². The van der Waals surface area contributed by atoms with Crippen LogP contribution in [0.3, 0.4) is 0 Å². The monoisotopic (exact) mass is 395 g/mol. The van der Waals surface area contributed by atoms with Crippen LogP contribution in [0.5, 0.6) is 0 Å². The van der Waals surface area contributed by atoms with Gasteiger partial charge in [-0.1, -0.05) is 42.5 Å². The molecule has 146 valence electrons. The molecular formula is C22H25N3O2S. The Morgan fingerprint density at radius 1 is 1.00 bits per heavy atom. The predicted octanol–water partition coefficient (Wildman–Crippen LogP) is 3.08. The number of thioether (sulfide) groups is 1. The third-order valence-electron chi connectivity index (χ3n) is 5.35. The number of carbonyl (C=O) groups excluding carboxylic acids is 2. The van der Waals surface area contributed by atoms with E-state index in [2.05, 4.69) is 34.5 Å². The second kappa shape index (κ2) is 8.80. The van der Waals surface area contributed by atoms with Crippen LogP contribution in [0.2, 0.25) is 0 Å². The minimum absolute atomic E-state index is 0.0477. The number of benzene rings is 2. The maximum absolute atomic E-state index is 12.8. The van der Waals surface area contributed by atoms with Gasteiger partial charge in [0, 0.05) is 49.8 Å². The van der Waals surface area contributed by atoms with Crippen LogP contribution < -0.4 is 5.32 Å². The molecule has 1 saturated heterocycles. The van der Waals surface area contributed by atoms with Gasteiger partial charge in [-0.3, -0.25) is 14.5 Å². The molecule has 0 saturated carbocycles. The van der Waals surface area contributed by atoms with Crippen LogP contribution in [0, 0.1) is 5.92 Å². The Bertz CT molecular complexity index is 835. The van der Waals surface area contributed by atoms with Crippen molar-refractivity contribution in [2.75, 3.05) is 37.2 Å². The van der Waals surface area contributed by atoms with Crippen LogP contribution >= 0.6 is 11.8 Å². The minimum Gasteiger partial charge on any atom is -0.340 e. The van der Waals surface area contributed by atoms with Crippen molar-refractivity contribution in [1.82, 2.24) is 9.80 Å². The van der Waals surface area contributed by atoms with E-state index < -0.39 is 0 Å². The molecule has 2 amide bonds.